The maximum Gasteiger partial charge on any atom is 0.322 e. The number of benzene rings is 1. The van der Waals surface area contributed by atoms with Gasteiger partial charge < -0.3 is 15.5 Å². The number of rotatable bonds is 3. The fourth-order valence-electron chi connectivity index (χ4n) is 3.55. The van der Waals surface area contributed by atoms with Crippen LogP contribution in [-0.2, 0) is 4.79 Å². The zero-order valence-corrected chi connectivity index (χ0v) is 13.7. The van der Waals surface area contributed by atoms with E-state index in [2.05, 4.69) is 10.6 Å². The first kappa shape index (κ1) is 15.8. The molecule has 1 atom stereocenters. The summed E-state index contributed by atoms with van der Waals surface area (Å²) < 4.78 is 0. The first-order valence-electron chi connectivity index (χ1n) is 8.59. The van der Waals surface area contributed by atoms with Crippen molar-refractivity contribution in [3.8, 4) is 0 Å². The highest BCUT2D eigenvalue weighted by molar-refractivity contribution is 5.94. The molecule has 5 heteroatoms. The number of carbonyl (C=O) groups is 2. The van der Waals surface area contributed by atoms with Gasteiger partial charge >= 0.3 is 6.03 Å². The van der Waals surface area contributed by atoms with Crippen molar-refractivity contribution in [2.75, 3.05) is 11.9 Å². The van der Waals surface area contributed by atoms with E-state index in [1.165, 1.54) is 12.8 Å². The second-order valence-corrected chi connectivity index (χ2v) is 6.59. The number of hydrogen-bond donors (Lipinski definition) is 2. The highest BCUT2D eigenvalue weighted by atomic mass is 16.2. The van der Waals surface area contributed by atoms with Gasteiger partial charge in [-0.2, -0.15) is 0 Å². The van der Waals surface area contributed by atoms with Crippen molar-refractivity contribution in [1.29, 1.82) is 0 Å². The number of para-hydroxylation sites is 1. The molecule has 1 aromatic rings. The van der Waals surface area contributed by atoms with Crippen molar-refractivity contribution in [3.63, 3.8) is 0 Å². The molecule has 124 valence electrons. The van der Waals surface area contributed by atoms with E-state index < -0.39 is 0 Å². The maximum atomic E-state index is 12.6. The molecule has 1 heterocycles. The average molecular weight is 315 g/mol. The number of anilines is 1. The predicted molar refractivity (Wildman–Crippen MR) is 90.3 cm³/mol. The van der Waals surface area contributed by atoms with Crippen molar-refractivity contribution in [3.05, 3.63) is 29.8 Å². The molecule has 1 unspecified atom stereocenters. The highest BCUT2D eigenvalue weighted by Crippen LogP contribution is 2.22. The number of likely N-dealkylation sites (tertiary alicyclic amines) is 1. The summed E-state index contributed by atoms with van der Waals surface area (Å²) in [5.74, 6) is 0.00864. The van der Waals surface area contributed by atoms with Crippen LogP contribution in [0, 0.1) is 6.92 Å². The summed E-state index contributed by atoms with van der Waals surface area (Å²) in [5.41, 5.74) is 1.83. The molecule has 3 rings (SSSR count). The summed E-state index contributed by atoms with van der Waals surface area (Å²) in [6, 6.07) is 7.48. The van der Waals surface area contributed by atoms with Crippen LogP contribution in [-0.4, -0.2) is 35.5 Å². The number of urea groups is 1. The van der Waals surface area contributed by atoms with Crippen LogP contribution >= 0.6 is 0 Å². The maximum absolute atomic E-state index is 12.6. The molecule has 0 bridgehead atoms. The Bertz CT molecular complexity index is 581. The second kappa shape index (κ2) is 7.02. The van der Waals surface area contributed by atoms with Crippen molar-refractivity contribution < 1.29 is 9.59 Å². The van der Waals surface area contributed by atoms with E-state index in [9.17, 15) is 9.59 Å². The Hall–Kier alpha value is -2.04. The second-order valence-electron chi connectivity index (χ2n) is 6.59. The summed E-state index contributed by atoms with van der Waals surface area (Å²) in [7, 11) is 0. The van der Waals surface area contributed by atoms with Crippen molar-refractivity contribution in [1.82, 2.24) is 10.2 Å². The molecule has 1 aliphatic heterocycles. The van der Waals surface area contributed by atoms with Crippen molar-refractivity contribution >= 4 is 17.6 Å². The number of hydrogen-bond acceptors (Lipinski definition) is 2. The topological polar surface area (TPSA) is 61.4 Å². The lowest BCUT2D eigenvalue weighted by molar-refractivity contribution is -0.125. The van der Waals surface area contributed by atoms with Crippen molar-refractivity contribution in [2.45, 2.75) is 57.5 Å². The quantitative estimate of drug-likeness (QED) is 0.900. The summed E-state index contributed by atoms with van der Waals surface area (Å²) in [4.78, 5) is 26.7. The van der Waals surface area contributed by atoms with Crippen LogP contribution in [0.15, 0.2) is 24.3 Å². The van der Waals surface area contributed by atoms with Crippen LogP contribution in [0.4, 0.5) is 10.5 Å². The van der Waals surface area contributed by atoms with E-state index in [0.29, 0.717) is 12.6 Å². The van der Waals surface area contributed by atoms with E-state index in [1.54, 1.807) is 4.90 Å². The minimum absolute atomic E-state index is 0.00864. The Balaban J connectivity index is 1.62. The molecule has 1 saturated carbocycles. The van der Waals surface area contributed by atoms with Gasteiger partial charge in [-0.15, -0.1) is 0 Å². The van der Waals surface area contributed by atoms with Gasteiger partial charge in [0.05, 0.1) is 0 Å². The van der Waals surface area contributed by atoms with E-state index in [4.69, 9.17) is 0 Å². The van der Waals surface area contributed by atoms with Gasteiger partial charge in [-0.3, -0.25) is 4.79 Å². The monoisotopic (exact) mass is 315 g/mol. The lowest BCUT2D eigenvalue weighted by Crippen LogP contribution is -2.49. The minimum Gasteiger partial charge on any atom is -0.352 e. The Labute approximate surface area is 137 Å². The molecule has 0 radical (unpaired) electrons. The Morgan fingerprint density at radius 3 is 2.57 bits per heavy atom. The summed E-state index contributed by atoms with van der Waals surface area (Å²) in [5, 5.41) is 6.06. The number of nitrogens with zero attached hydrogens (tertiary/aromatic N) is 1. The molecule has 0 spiro atoms. The molecule has 23 heavy (non-hydrogen) atoms. The van der Waals surface area contributed by atoms with Gasteiger partial charge in [0.1, 0.15) is 6.04 Å². The smallest absolute Gasteiger partial charge is 0.322 e. The fraction of sp³-hybridized carbons (Fsp3) is 0.556. The van der Waals surface area contributed by atoms with Crippen LogP contribution in [0.1, 0.15) is 44.1 Å². The summed E-state index contributed by atoms with van der Waals surface area (Å²) in [6.45, 7) is 2.60. The van der Waals surface area contributed by atoms with E-state index in [0.717, 1.165) is 36.9 Å². The van der Waals surface area contributed by atoms with E-state index >= 15 is 0 Å². The third kappa shape index (κ3) is 3.66. The van der Waals surface area contributed by atoms with Gasteiger partial charge in [-0.05, 0) is 44.2 Å². The van der Waals surface area contributed by atoms with Crippen LogP contribution in [0.3, 0.4) is 0 Å². The third-order valence-electron chi connectivity index (χ3n) is 4.90. The highest BCUT2D eigenvalue weighted by Gasteiger charge is 2.35. The Morgan fingerprint density at radius 2 is 1.83 bits per heavy atom. The molecule has 0 aromatic heterocycles. The lowest BCUT2D eigenvalue weighted by atomic mass is 10.1. The van der Waals surface area contributed by atoms with Gasteiger partial charge in [0.25, 0.3) is 0 Å². The van der Waals surface area contributed by atoms with Gasteiger partial charge in [0.2, 0.25) is 5.91 Å². The molecular formula is C18H25N3O2. The molecule has 2 N–H and O–H groups in total. The first-order valence-corrected chi connectivity index (χ1v) is 8.59. The van der Waals surface area contributed by atoms with E-state index in [-0.39, 0.29) is 18.0 Å². The largest absolute Gasteiger partial charge is 0.352 e. The van der Waals surface area contributed by atoms with Gasteiger partial charge in [-0.25, -0.2) is 4.79 Å². The van der Waals surface area contributed by atoms with E-state index in [1.807, 2.05) is 31.2 Å². The SMILES string of the molecule is Cc1ccccc1NC(=O)N1CCCC1C(=O)NC1CCCC1. The molecule has 5 nitrogen and oxygen atoms in total. The molecule has 1 saturated heterocycles. The summed E-state index contributed by atoms with van der Waals surface area (Å²) in [6.07, 6.45) is 6.13. The molecular weight excluding hydrogens is 290 g/mol. The zero-order valence-electron chi connectivity index (χ0n) is 13.7. The molecule has 2 fully saturated rings. The zero-order chi connectivity index (χ0) is 16.2. The average Bonchev–Trinajstić information content (AvgIpc) is 3.20. The van der Waals surface area contributed by atoms with Crippen LogP contribution < -0.4 is 10.6 Å². The molecule has 2 aliphatic rings. The standard InChI is InChI=1S/C18H25N3O2/c1-13-7-2-5-10-15(13)20-18(23)21-12-6-11-16(21)17(22)19-14-8-3-4-9-14/h2,5,7,10,14,16H,3-4,6,8-9,11-12H2,1H3,(H,19,22)(H,20,23). The van der Waals surface area contributed by atoms with Gasteiger partial charge in [0.15, 0.2) is 0 Å². The van der Waals surface area contributed by atoms with Gasteiger partial charge in [0, 0.05) is 18.3 Å². The van der Waals surface area contributed by atoms with Crippen LogP contribution in [0.2, 0.25) is 0 Å². The number of aryl methyl sites for hydroxylation is 1. The lowest BCUT2D eigenvalue weighted by Gasteiger charge is -2.26. The summed E-state index contributed by atoms with van der Waals surface area (Å²) >= 11 is 0. The fourth-order valence-corrected chi connectivity index (χ4v) is 3.55. The first-order chi connectivity index (χ1) is 11.1. The minimum atomic E-state index is -0.334. The molecule has 3 amide bonds. The van der Waals surface area contributed by atoms with Gasteiger partial charge in [-0.1, -0.05) is 31.0 Å². The predicted octanol–water partition coefficient (Wildman–Crippen LogP) is 3.05. The van der Waals surface area contributed by atoms with Crippen LogP contribution in [0.5, 0.6) is 0 Å². The molecule has 1 aliphatic carbocycles. The third-order valence-corrected chi connectivity index (χ3v) is 4.90. The Kier molecular flexibility index (Phi) is 4.84. The normalized spacial score (nSPS) is 21.4. The number of carbonyl (C=O) groups excluding carboxylic acids is 2. The van der Waals surface area contributed by atoms with Crippen LogP contribution in [0.25, 0.3) is 0 Å². The molecule has 1 aromatic carbocycles. The Morgan fingerprint density at radius 1 is 1.09 bits per heavy atom. The van der Waals surface area contributed by atoms with Crippen molar-refractivity contribution in [2.24, 2.45) is 0 Å². The number of nitrogens with one attached hydrogen (secondary N) is 2. The number of amides is 3.